The Morgan fingerprint density at radius 2 is 0.596 bits per heavy atom. The molecular weight excluding hydrogens is 1660 g/mol. The van der Waals surface area contributed by atoms with Crippen LogP contribution in [0.15, 0.2) is 370 Å². The monoisotopic (exact) mass is 1790 g/mol. The van der Waals surface area contributed by atoms with Crippen LogP contribution in [-0.4, -0.2) is 5.11 Å². The van der Waals surface area contributed by atoms with Gasteiger partial charge in [-0.2, -0.15) is 0 Å². The Bertz CT molecular complexity index is 6980. The van der Waals surface area contributed by atoms with Gasteiger partial charge in [0.15, 0.2) is 0 Å². The van der Waals surface area contributed by atoms with Gasteiger partial charge in [0.05, 0.1) is 6.10 Å². The quantitative estimate of drug-likeness (QED) is 0.0384. The van der Waals surface area contributed by atoms with Gasteiger partial charge >= 0.3 is 0 Å². The first-order chi connectivity index (χ1) is 67.1. The summed E-state index contributed by atoms with van der Waals surface area (Å²) in [6, 6.07) is 131. The standard InChI is InChI=1S/C47H50O2.C41H40O3.C41H38O2/c1-3-5-7-15-27-47(28-16-8-6-4-2)45-32-39-30-40(48-33-35-17-11-9-12-18-35)23-21-37(39)31-44(45)43-25-22-38-29-41(24-26-42(38)46(43)47)49-34-36-19-13-10-14-20-36;1-2-3-4-11-16-40(42)41-38(23-20-35-27-37(22-24-39(35)41)44-29-31-14-9-6-10-15-31)34-18-17-33-26-36(21-19-32(33)25-34)43-28-30-12-7-5-8-13-30;1-2-3-4-11-16-37-40-26-33-24-34(42-27-29-12-7-5-8-13-29)19-17-31(33)25-39(40)38-21-18-32-23-35(20-22-36(32)41(37)38)43-28-30-14-9-6-10-15-30/h9-14,17-26,29-32H,3-8,15-16,27-28,33-34H2,1-2H3;5-10,12-15,17-27,40,42H,2-4,11,16,28-29H2,1H3;5-10,12-15,17-26,37H,2-4,11,16,27-28H2,1H3. The smallest absolute Gasteiger partial charge is 0.120 e. The number of rotatable bonds is 40. The van der Waals surface area contributed by atoms with Crippen LogP contribution in [-0.2, 0) is 45.1 Å². The van der Waals surface area contributed by atoms with Gasteiger partial charge in [0.1, 0.15) is 74.1 Å². The van der Waals surface area contributed by atoms with Crippen molar-refractivity contribution in [3.05, 3.63) is 431 Å². The van der Waals surface area contributed by atoms with Crippen molar-refractivity contribution in [1.29, 1.82) is 0 Å². The van der Waals surface area contributed by atoms with E-state index < -0.39 is 6.10 Å². The highest BCUT2D eigenvalue weighted by Gasteiger charge is 2.44. The molecule has 0 aliphatic heterocycles. The summed E-state index contributed by atoms with van der Waals surface area (Å²) < 4.78 is 37.3. The predicted molar refractivity (Wildman–Crippen MR) is 568 cm³/mol. The van der Waals surface area contributed by atoms with E-state index in [1.54, 1.807) is 5.56 Å². The zero-order valence-corrected chi connectivity index (χ0v) is 79.7. The van der Waals surface area contributed by atoms with Crippen molar-refractivity contribution < 1.29 is 33.5 Å². The Kier molecular flexibility index (Phi) is 31.0. The molecule has 18 aromatic carbocycles. The van der Waals surface area contributed by atoms with Crippen LogP contribution < -0.4 is 28.4 Å². The van der Waals surface area contributed by atoms with Gasteiger partial charge in [-0.25, -0.2) is 0 Å². The lowest BCUT2D eigenvalue weighted by molar-refractivity contribution is 0.165. The second-order valence-electron chi connectivity index (χ2n) is 37.4. The largest absolute Gasteiger partial charge is 0.489 e. The molecule has 0 saturated heterocycles. The second kappa shape index (κ2) is 45.5. The zero-order chi connectivity index (χ0) is 92.6. The molecule has 686 valence electrons. The van der Waals surface area contributed by atoms with Crippen LogP contribution >= 0.6 is 0 Å². The molecule has 0 heterocycles. The van der Waals surface area contributed by atoms with Gasteiger partial charge in [0.25, 0.3) is 0 Å². The Morgan fingerprint density at radius 3 is 1.05 bits per heavy atom. The van der Waals surface area contributed by atoms with Gasteiger partial charge in [-0.3, -0.25) is 0 Å². The Labute approximate surface area is 805 Å². The van der Waals surface area contributed by atoms with Gasteiger partial charge in [-0.1, -0.05) is 397 Å². The minimum absolute atomic E-state index is 0.0207. The van der Waals surface area contributed by atoms with Crippen LogP contribution in [0.25, 0.3) is 98.0 Å². The number of ether oxygens (including phenoxy) is 6. The lowest BCUT2D eigenvalue weighted by Gasteiger charge is -2.34. The normalized spacial score (nSPS) is 12.9. The maximum absolute atomic E-state index is 11.6. The number of benzene rings is 18. The van der Waals surface area contributed by atoms with E-state index in [9.17, 15) is 5.11 Å². The highest BCUT2D eigenvalue weighted by atomic mass is 16.5. The summed E-state index contributed by atoms with van der Waals surface area (Å²) in [6.45, 7) is 12.5. The fourth-order valence-corrected chi connectivity index (χ4v) is 20.6. The summed E-state index contributed by atoms with van der Waals surface area (Å²) in [5.41, 5.74) is 21.7. The maximum atomic E-state index is 11.6. The first kappa shape index (κ1) is 92.7. The molecule has 20 rings (SSSR count). The molecule has 0 amide bonds. The molecule has 0 radical (unpaired) electrons. The van der Waals surface area contributed by atoms with E-state index in [2.05, 4.69) is 337 Å². The SMILES string of the molecule is CCCCCCC(O)c1c(-c2ccc3cc(OCc4ccccc4)ccc3c2)ccc2cc(OCc3ccccc3)ccc12.CCCCCCC1(CCCCCC)c2cc3cc(OCc4ccccc4)ccc3cc2-c2ccc3cc(OCc4ccccc4)ccc3c21.CCCCCCC1c2cc3cc(OCc4ccccc4)ccc3cc2-c2ccc3cc(OCc4ccccc4)ccc3c21. The average molecular weight is 1790 g/mol. The summed E-state index contributed by atoms with van der Waals surface area (Å²) >= 11 is 0. The fraction of sp³-hybridized carbons (Fsp3) is 0.256. The van der Waals surface area contributed by atoms with Crippen LogP contribution in [0.2, 0.25) is 0 Å². The van der Waals surface area contributed by atoms with Crippen molar-refractivity contribution in [3.63, 3.8) is 0 Å². The number of fused-ring (bicyclic) bond motifs is 14. The molecule has 7 heteroatoms. The molecule has 2 aliphatic rings. The molecule has 2 unspecified atom stereocenters. The molecule has 0 spiro atoms. The molecule has 136 heavy (non-hydrogen) atoms. The van der Waals surface area contributed by atoms with E-state index in [1.165, 1.54) is 213 Å². The van der Waals surface area contributed by atoms with Gasteiger partial charge < -0.3 is 33.5 Å². The molecule has 7 nitrogen and oxygen atoms in total. The molecule has 18 aromatic rings. The lowest BCUT2D eigenvalue weighted by Crippen LogP contribution is -2.26. The first-order valence-corrected chi connectivity index (χ1v) is 50.2. The van der Waals surface area contributed by atoms with E-state index >= 15 is 0 Å². The van der Waals surface area contributed by atoms with Crippen LogP contribution in [0.4, 0.5) is 0 Å². The fourth-order valence-electron chi connectivity index (χ4n) is 20.6. The molecular formula is C129H128O7. The number of aliphatic hydroxyl groups is 1. The minimum atomic E-state index is -0.550. The number of hydrogen-bond acceptors (Lipinski definition) is 7. The van der Waals surface area contributed by atoms with E-state index in [-0.39, 0.29) is 5.41 Å². The van der Waals surface area contributed by atoms with Crippen molar-refractivity contribution in [2.24, 2.45) is 0 Å². The van der Waals surface area contributed by atoms with Crippen LogP contribution in [0.3, 0.4) is 0 Å². The van der Waals surface area contributed by atoms with Gasteiger partial charge in [0.2, 0.25) is 0 Å². The van der Waals surface area contributed by atoms with E-state index in [1.807, 2.05) is 60.7 Å². The van der Waals surface area contributed by atoms with Crippen molar-refractivity contribution in [3.8, 4) is 67.9 Å². The van der Waals surface area contributed by atoms with E-state index in [0.29, 0.717) is 45.6 Å². The third kappa shape index (κ3) is 22.4. The lowest BCUT2D eigenvalue weighted by atomic mass is 9.69. The molecule has 2 atom stereocenters. The van der Waals surface area contributed by atoms with Crippen LogP contribution in [0.1, 0.15) is 229 Å². The Morgan fingerprint density at radius 1 is 0.257 bits per heavy atom. The Balaban J connectivity index is 0.000000136. The molecule has 1 N–H and O–H groups in total. The van der Waals surface area contributed by atoms with Gasteiger partial charge in [0, 0.05) is 11.3 Å². The number of aliphatic hydroxyl groups excluding tert-OH is 1. The summed E-state index contributed by atoms with van der Waals surface area (Å²) in [5.74, 6) is 5.76. The molecule has 0 saturated carbocycles. The molecule has 0 bridgehead atoms. The second-order valence-corrected chi connectivity index (χ2v) is 37.4. The minimum Gasteiger partial charge on any atom is -0.489 e. The van der Waals surface area contributed by atoms with E-state index in [0.717, 1.165) is 103 Å². The topological polar surface area (TPSA) is 75.6 Å². The van der Waals surface area contributed by atoms with Crippen molar-refractivity contribution in [2.45, 2.75) is 213 Å². The van der Waals surface area contributed by atoms with Gasteiger partial charge in [-0.05, 0) is 288 Å². The van der Waals surface area contributed by atoms with E-state index in [4.69, 9.17) is 28.4 Å². The summed E-state index contributed by atoms with van der Waals surface area (Å²) in [7, 11) is 0. The summed E-state index contributed by atoms with van der Waals surface area (Å²) in [6.07, 6.45) is 23.5. The molecule has 2 aliphatic carbocycles. The predicted octanol–water partition coefficient (Wildman–Crippen LogP) is 35.4. The third-order valence-corrected chi connectivity index (χ3v) is 27.8. The highest BCUT2D eigenvalue weighted by molar-refractivity contribution is 6.04. The zero-order valence-electron chi connectivity index (χ0n) is 79.7. The Hall–Kier alpha value is -13.7. The highest BCUT2D eigenvalue weighted by Crippen LogP contribution is 2.58. The van der Waals surface area contributed by atoms with Gasteiger partial charge in [-0.15, -0.1) is 0 Å². The van der Waals surface area contributed by atoms with Crippen LogP contribution in [0.5, 0.6) is 34.5 Å². The van der Waals surface area contributed by atoms with Crippen molar-refractivity contribution in [1.82, 2.24) is 0 Å². The maximum Gasteiger partial charge on any atom is 0.120 e. The van der Waals surface area contributed by atoms with Crippen molar-refractivity contribution >= 4 is 64.6 Å². The molecule has 0 fully saturated rings. The molecule has 0 aromatic heterocycles. The average Bonchev–Trinajstić information content (AvgIpc) is 1.54. The third-order valence-electron chi connectivity index (χ3n) is 27.8. The number of hydrogen-bond donors (Lipinski definition) is 1. The van der Waals surface area contributed by atoms with Crippen LogP contribution in [0, 0.1) is 0 Å². The summed E-state index contributed by atoms with van der Waals surface area (Å²) in [5, 5.41) is 26.3. The first-order valence-electron chi connectivity index (χ1n) is 50.2. The number of unbranched alkanes of at least 4 members (excludes halogenated alkanes) is 12. The van der Waals surface area contributed by atoms with Crippen molar-refractivity contribution in [2.75, 3.05) is 0 Å². The summed E-state index contributed by atoms with van der Waals surface area (Å²) in [4.78, 5) is 0.